The van der Waals surface area contributed by atoms with E-state index in [1.165, 1.54) is 6.07 Å². The van der Waals surface area contributed by atoms with E-state index in [4.69, 9.17) is 23.2 Å². The summed E-state index contributed by atoms with van der Waals surface area (Å²) in [7, 11) is 1.92. The molecule has 2 aromatic carbocycles. The van der Waals surface area contributed by atoms with Crippen LogP contribution in [0.1, 0.15) is 11.1 Å². The first-order valence-electron chi connectivity index (χ1n) is 6.74. The molecule has 1 heterocycles. The number of hydrogen-bond donors (Lipinski definition) is 0. The number of rotatable bonds is 1. The Bertz CT molecular complexity index is 784. The lowest BCUT2D eigenvalue weighted by atomic mass is 9.99. The van der Waals surface area contributed by atoms with Gasteiger partial charge in [0.25, 0.3) is 0 Å². The molecule has 0 saturated carbocycles. The number of nitrogens with zero attached hydrogens (tertiary/aromatic N) is 2. The van der Waals surface area contributed by atoms with Gasteiger partial charge in [-0.3, -0.25) is 4.99 Å². The van der Waals surface area contributed by atoms with Crippen molar-refractivity contribution in [3.63, 3.8) is 0 Å². The van der Waals surface area contributed by atoms with E-state index in [9.17, 15) is 4.39 Å². The van der Waals surface area contributed by atoms with Gasteiger partial charge in [-0.05, 0) is 30.3 Å². The van der Waals surface area contributed by atoms with Crippen molar-refractivity contribution in [1.29, 1.82) is 0 Å². The molecule has 0 amide bonds. The van der Waals surface area contributed by atoms with Crippen molar-refractivity contribution in [1.82, 2.24) is 0 Å². The summed E-state index contributed by atoms with van der Waals surface area (Å²) in [5.74, 6) is -0.333. The molecule has 1 aliphatic heterocycles. The van der Waals surface area contributed by atoms with Crippen molar-refractivity contribution >= 4 is 34.6 Å². The van der Waals surface area contributed by atoms with E-state index in [0.29, 0.717) is 27.9 Å². The van der Waals surface area contributed by atoms with E-state index in [1.807, 2.05) is 18.0 Å². The van der Waals surface area contributed by atoms with Gasteiger partial charge in [0.2, 0.25) is 0 Å². The van der Waals surface area contributed by atoms with E-state index in [0.717, 1.165) is 11.3 Å². The normalized spacial score (nSPS) is 17.0. The number of anilines is 1. The largest absolute Gasteiger partial charge is 0.369 e. The fourth-order valence-electron chi connectivity index (χ4n) is 2.46. The third-order valence-corrected chi connectivity index (χ3v) is 3.93. The van der Waals surface area contributed by atoms with Crippen LogP contribution < -0.4 is 4.90 Å². The molecule has 3 rings (SSSR count). The van der Waals surface area contributed by atoms with Gasteiger partial charge in [-0.15, -0.1) is 0 Å². The van der Waals surface area contributed by atoms with Crippen molar-refractivity contribution in [2.75, 3.05) is 18.5 Å². The molecule has 0 bridgehead atoms. The maximum Gasteiger partial charge on any atom is 0.132 e. The van der Waals surface area contributed by atoms with Crippen molar-refractivity contribution in [3.05, 3.63) is 75.7 Å². The third kappa shape index (κ3) is 2.87. The zero-order chi connectivity index (χ0) is 15.7. The van der Waals surface area contributed by atoms with Crippen LogP contribution in [0.3, 0.4) is 0 Å². The van der Waals surface area contributed by atoms with Crippen LogP contribution >= 0.6 is 23.2 Å². The summed E-state index contributed by atoms with van der Waals surface area (Å²) in [5, 5.41) is 1.16. The van der Waals surface area contributed by atoms with Crippen molar-refractivity contribution in [2.45, 2.75) is 0 Å². The van der Waals surface area contributed by atoms with Gasteiger partial charge in [-0.25, -0.2) is 4.39 Å². The molecule has 0 unspecified atom stereocenters. The molecule has 0 fully saturated rings. The van der Waals surface area contributed by atoms with Crippen molar-refractivity contribution in [3.8, 4) is 0 Å². The Morgan fingerprint density at radius 2 is 1.86 bits per heavy atom. The second-order valence-corrected chi connectivity index (χ2v) is 5.97. The molecule has 0 N–H and O–H groups in total. The number of aliphatic imine (C=N–C) groups is 1. The van der Waals surface area contributed by atoms with Crippen LogP contribution in [-0.2, 0) is 0 Å². The molecule has 0 aliphatic carbocycles. The lowest BCUT2D eigenvalue weighted by molar-refractivity contribution is 0.625. The van der Waals surface area contributed by atoms with E-state index < -0.39 is 0 Å². The summed E-state index contributed by atoms with van der Waals surface area (Å²) in [5.41, 5.74) is 2.61. The van der Waals surface area contributed by atoms with Crippen LogP contribution in [-0.4, -0.2) is 19.3 Å². The maximum atomic E-state index is 14.2. The van der Waals surface area contributed by atoms with Crippen LogP contribution in [0.15, 0.2) is 58.7 Å². The Labute approximate surface area is 138 Å². The second kappa shape index (κ2) is 6.11. The van der Waals surface area contributed by atoms with Crippen molar-refractivity contribution in [2.24, 2.45) is 4.99 Å². The van der Waals surface area contributed by atoms with Gasteiger partial charge in [0.05, 0.1) is 17.3 Å². The average Bonchev–Trinajstić information content (AvgIpc) is 2.48. The first-order chi connectivity index (χ1) is 10.6. The molecular weight excluding hydrogens is 322 g/mol. The summed E-state index contributed by atoms with van der Waals surface area (Å²) in [6.07, 6.45) is 1.56. The lowest BCUT2D eigenvalue weighted by Gasteiger charge is -2.24. The zero-order valence-corrected chi connectivity index (χ0v) is 13.4. The summed E-state index contributed by atoms with van der Waals surface area (Å²) in [6.45, 7) is 0.532. The Balaban J connectivity index is 2.29. The fraction of sp³-hybridized carbons (Fsp3) is 0.118. The smallest absolute Gasteiger partial charge is 0.132 e. The molecule has 22 heavy (non-hydrogen) atoms. The summed E-state index contributed by atoms with van der Waals surface area (Å²) >= 11 is 12.3. The molecule has 0 atom stereocenters. The van der Waals surface area contributed by atoms with E-state index >= 15 is 0 Å². The average molecular weight is 335 g/mol. The van der Waals surface area contributed by atoms with Crippen LogP contribution in [0, 0.1) is 5.82 Å². The Morgan fingerprint density at radius 1 is 1.09 bits per heavy atom. The molecule has 2 nitrogen and oxygen atoms in total. The third-order valence-electron chi connectivity index (χ3n) is 3.48. The molecule has 112 valence electrons. The lowest BCUT2D eigenvalue weighted by Crippen LogP contribution is -2.23. The van der Waals surface area contributed by atoms with Gasteiger partial charge >= 0.3 is 0 Å². The zero-order valence-electron chi connectivity index (χ0n) is 11.9. The highest BCUT2D eigenvalue weighted by Gasteiger charge is 2.19. The van der Waals surface area contributed by atoms with Gasteiger partial charge in [0.15, 0.2) is 0 Å². The molecular formula is C17H13Cl2FN2. The van der Waals surface area contributed by atoms with Crippen LogP contribution in [0.5, 0.6) is 0 Å². The molecule has 0 aromatic heterocycles. The van der Waals surface area contributed by atoms with E-state index in [1.54, 1.807) is 36.5 Å². The van der Waals surface area contributed by atoms with Gasteiger partial charge in [0.1, 0.15) is 5.82 Å². The van der Waals surface area contributed by atoms with Crippen LogP contribution in [0.2, 0.25) is 5.02 Å². The number of benzene rings is 2. The Hall–Kier alpha value is -1.84. The predicted molar refractivity (Wildman–Crippen MR) is 90.7 cm³/mol. The summed E-state index contributed by atoms with van der Waals surface area (Å²) in [4.78, 5) is 6.40. The maximum absolute atomic E-state index is 14.2. The number of fused-ring (bicyclic) bond motifs is 1. The standard InChI is InChI=1S/C17H13Cl2FN2/c1-22-10-12(19)9-21-17(13-4-2-3-5-15(13)20)14-8-11(18)6-7-16(14)22/h2-9H,10H2,1H3/b12-9+,21-17?. The second-order valence-electron chi connectivity index (χ2n) is 5.05. The molecule has 2 aromatic rings. The number of halogens is 3. The Kier molecular flexibility index (Phi) is 4.19. The van der Waals surface area contributed by atoms with Gasteiger partial charge in [0, 0.05) is 35.1 Å². The van der Waals surface area contributed by atoms with Crippen molar-refractivity contribution < 1.29 is 4.39 Å². The topological polar surface area (TPSA) is 15.6 Å². The number of hydrogen-bond acceptors (Lipinski definition) is 2. The predicted octanol–water partition coefficient (Wildman–Crippen LogP) is 4.85. The van der Waals surface area contributed by atoms with Crippen LogP contribution in [0.25, 0.3) is 0 Å². The molecule has 1 aliphatic rings. The van der Waals surface area contributed by atoms with Gasteiger partial charge in [-0.2, -0.15) is 0 Å². The first-order valence-corrected chi connectivity index (χ1v) is 7.50. The van der Waals surface area contributed by atoms with E-state index in [2.05, 4.69) is 4.99 Å². The SMILES string of the molecule is CN1C/C(Cl)=C\N=C(c2ccccc2F)c2cc(Cl)ccc21. The highest BCUT2D eigenvalue weighted by Crippen LogP contribution is 2.29. The van der Waals surface area contributed by atoms with E-state index in [-0.39, 0.29) is 5.82 Å². The minimum Gasteiger partial charge on any atom is -0.369 e. The molecule has 0 radical (unpaired) electrons. The minimum atomic E-state index is -0.333. The highest BCUT2D eigenvalue weighted by molar-refractivity contribution is 6.32. The fourth-order valence-corrected chi connectivity index (χ4v) is 2.86. The highest BCUT2D eigenvalue weighted by atomic mass is 35.5. The summed E-state index contributed by atoms with van der Waals surface area (Å²) < 4.78 is 14.2. The minimum absolute atomic E-state index is 0.333. The first kappa shape index (κ1) is 15.1. The van der Waals surface area contributed by atoms with Crippen LogP contribution in [0.4, 0.5) is 10.1 Å². The van der Waals surface area contributed by atoms with Gasteiger partial charge < -0.3 is 4.90 Å². The molecule has 0 saturated heterocycles. The number of likely N-dealkylation sites (N-methyl/N-ethyl adjacent to an activating group) is 1. The Morgan fingerprint density at radius 3 is 2.64 bits per heavy atom. The quantitative estimate of drug-likeness (QED) is 0.728. The monoisotopic (exact) mass is 334 g/mol. The molecule has 0 spiro atoms. The van der Waals surface area contributed by atoms with Gasteiger partial charge in [-0.1, -0.05) is 35.3 Å². The summed E-state index contributed by atoms with van der Waals surface area (Å²) in [6, 6.07) is 12.0. The molecule has 5 heteroatoms.